The van der Waals surface area contributed by atoms with Gasteiger partial charge in [0, 0.05) is 65.9 Å². The van der Waals surface area contributed by atoms with Crippen molar-refractivity contribution < 1.29 is 42.1 Å². The number of aryl methyl sites for hydroxylation is 4. The molecule has 2 aliphatic rings. The van der Waals surface area contributed by atoms with Crippen LogP contribution in [0.4, 0.5) is 68.5 Å². The summed E-state index contributed by atoms with van der Waals surface area (Å²) in [4.78, 5) is 26.2. The average molecular weight is 1380 g/mol. The summed E-state index contributed by atoms with van der Waals surface area (Å²) in [6.45, 7) is 12.8. The summed E-state index contributed by atoms with van der Waals surface area (Å²) in [6.07, 6.45) is 6.81. The zero-order chi connectivity index (χ0) is 52.3. The second-order valence-electron chi connectivity index (χ2n) is 17.5. The third kappa shape index (κ3) is 14.9. The van der Waals surface area contributed by atoms with Crippen molar-refractivity contribution in [3.63, 3.8) is 0 Å². The van der Waals surface area contributed by atoms with Gasteiger partial charge in [-0.3, -0.25) is 0 Å². The maximum absolute atomic E-state index is 4.59. The molecule has 10 nitrogen and oxygen atoms in total. The van der Waals surface area contributed by atoms with Gasteiger partial charge in [-0.05, 0) is 97.0 Å². The van der Waals surface area contributed by atoms with E-state index in [1.165, 1.54) is 33.6 Å². The Kier molecular flexibility index (Phi) is 21.4. The van der Waals surface area contributed by atoms with Crippen molar-refractivity contribution in [1.82, 2.24) is 9.97 Å². The topological polar surface area (TPSA) is 91.7 Å². The van der Waals surface area contributed by atoms with E-state index in [-0.39, 0.29) is 42.1 Å². The summed E-state index contributed by atoms with van der Waals surface area (Å²) in [5.74, 6) is 1.86. The molecule has 12 rings (SSSR count). The molecule has 0 unspecified atom stereocenters. The first-order valence-electron chi connectivity index (χ1n) is 24.9. The van der Waals surface area contributed by atoms with Gasteiger partial charge < -0.3 is 40.2 Å². The van der Waals surface area contributed by atoms with E-state index >= 15 is 0 Å². The van der Waals surface area contributed by atoms with Crippen molar-refractivity contribution in [2.45, 2.75) is 27.7 Å². The maximum atomic E-state index is 4.59. The minimum absolute atomic E-state index is 0. The molecule has 2 aliphatic heterocycles. The number of aliphatic imine (C=N–C) groups is 2. The fourth-order valence-electron chi connectivity index (χ4n) is 8.52. The van der Waals surface area contributed by atoms with Crippen LogP contribution in [0.15, 0.2) is 253 Å². The molecule has 12 heteroatoms. The normalized spacial score (nSPS) is 11.8. The van der Waals surface area contributed by atoms with Crippen molar-refractivity contribution in [2.24, 2.45) is 9.98 Å². The molecular weight excluding hydrogens is 1320 g/mol. The van der Waals surface area contributed by atoms with Crippen LogP contribution in [0.3, 0.4) is 0 Å². The predicted octanol–water partition coefficient (Wildman–Crippen LogP) is 17.9. The summed E-state index contributed by atoms with van der Waals surface area (Å²) >= 11 is 0. The quantitative estimate of drug-likeness (QED) is 0.0770. The second kappa shape index (κ2) is 29.2. The number of nitrogens with zero attached hydrogens (tertiary/aromatic N) is 10. The summed E-state index contributed by atoms with van der Waals surface area (Å²) in [5.41, 5.74) is 15.2. The Morgan fingerprint density at radius 3 is 1.08 bits per heavy atom. The van der Waals surface area contributed by atoms with Gasteiger partial charge in [0.15, 0.2) is 0 Å². The average Bonchev–Trinajstić information content (AvgIpc) is 4.14. The molecule has 0 saturated carbocycles. The molecule has 0 aliphatic carbocycles. The van der Waals surface area contributed by atoms with Crippen LogP contribution in [0, 0.1) is 53.2 Å². The number of pyridine rings is 2. The first-order valence-corrected chi connectivity index (χ1v) is 24.9. The van der Waals surface area contributed by atoms with Gasteiger partial charge in [0.2, 0.25) is 0 Å². The van der Waals surface area contributed by atoms with Crippen molar-refractivity contribution >= 4 is 81.2 Å². The number of rotatable bonds is 10. The Balaban J connectivity index is 0.000000153. The van der Waals surface area contributed by atoms with Crippen molar-refractivity contribution in [1.29, 1.82) is 0 Å². The minimum Gasteiger partial charge on any atom is -0.478 e. The number of benzene rings is 8. The molecule has 10 aromatic rings. The Hall–Kier alpha value is -8.42. The molecular formula is C66H56N10Pt2-6. The first kappa shape index (κ1) is 57.3. The minimum atomic E-state index is 0. The molecule has 4 heterocycles. The van der Waals surface area contributed by atoms with E-state index in [1.54, 1.807) is 12.7 Å². The van der Waals surface area contributed by atoms with E-state index in [2.05, 4.69) is 152 Å². The van der Waals surface area contributed by atoms with E-state index in [4.69, 9.17) is 0 Å². The van der Waals surface area contributed by atoms with E-state index in [1.807, 2.05) is 194 Å². The van der Waals surface area contributed by atoms with Crippen LogP contribution in [-0.4, -0.2) is 22.6 Å². The molecule has 396 valence electrons. The van der Waals surface area contributed by atoms with Gasteiger partial charge in [-0.25, -0.2) is 9.97 Å². The van der Waals surface area contributed by atoms with E-state index in [0.29, 0.717) is 0 Å². The summed E-state index contributed by atoms with van der Waals surface area (Å²) in [6, 6.07) is 82.4. The molecule has 78 heavy (non-hydrogen) atoms. The fourth-order valence-corrected chi connectivity index (χ4v) is 8.52. The molecule has 0 spiro atoms. The maximum Gasteiger partial charge on any atom is 0.124 e. The van der Waals surface area contributed by atoms with Gasteiger partial charge in [-0.1, -0.05) is 170 Å². The Morgan fingerprint density at radius 2 is 0.731 bits per heavy atom. The summed E-state index contributed by atoms with van der Waals surface area (Å²) in [5, 5.41) is 8.42. The standard InChI is InChI=1S/2C20H17N3.2C13H11N2.2Pt/c2*1-15-8-6-9-16(2)19(15)23-14-22(17-10-4-3-5-11-17)20-18(23)12-7-13-21-20;2*1-3-7-12(8-4-1)14-11-15-13-9-5-2-6-10-13;;/h2*3-10,12-14H,1-2H3;2*1-11H;;/q2*-2;2*-1;;. The van der Waals surface area contributed by atoms with Crippen LogP contribution in [0.25, 0.3) is 10.6 Å². The molecule has 0 amide bonds. The number of anilines is 8. The van der Waals surface area contributed by atoms with Crippen LogP contribution in [0.1, 0.15) is 22.3 Å². The van der Waals surface area contributed by atoms with Crippen molar-refractivity contribution in [3.05, 3.63) is 301 Å². The molecule has 0 atom stereocenters. The van der Waals surface area contributed by atoms with Crippen molar-refractivity contribution in [3.8, 4) is 0 Å². The van der Waals surface area contributed by atoms with E-state index in [0.717, 1.165) is 57.1 Å². The van der Waals surface area contributed by atoms with Crippen molar-refractivity contribution in [2.75, 3.05) is 19.6 Å². The zero-order valence-electron chi connectivity index (χ0n) is 43.5. The Morgan fingerprint density at radius 1 is 0.385 bits per heavy atom. The van der Waals surface area contributed by atoms with Crippen LogP contribution >= 0.6 is 0 Å². The number of aromatic nitrogens is 2. The zero-order valence-corrected chi connectivity index (χ0v) is 48.1. The molecule has 8 aromatic carbocycles. The summed E-state index contributed by atoms with van der Waals surface area (Å²) in [7, 11) is 0. The van der Waals surface area contributed by atoms with E-state index in [9.17, 15) is 0 Å². The van der Waals surface area contributed by atoms with Crippen LogP contribution < -0.4 is 19.6 Å². The number of fused-ring (bicyclic) bond motifs is 2. The van der Waals surface area contributed by atoms with Crippen LogP contribution in [-0.2, 0) is 42.1 Å². The van der Waals surface area contributed by atoms with E-state index < -0.39 is 0 Å². The molecule has 0 saturated heterocycles. The van der Waals surface area contributed by atoms with Crippen LogP contribution in [0.2, 0.25) is 0 Å². The fraction of sp³-hybridized carbons (Fsp3) is 0.0606. The number of hydrogen-bond acceptors (Lipinski definition) is 8. The molecule has 2 aromatic heterocycles. The largest absolute Gasteiger partial charge is 0.478 e. The molecule has 0 fully saturated rings. The second-order valence-corrected chi connectivity index (χ2v) is 17.5. The van der Waals surface area contributed by atoms with Gasteiger partial charge in [0.25, 0.3) is 0 Å². The third-order valence-corrected chi connectivity index (χ3v) is 12.1. The van der Waals surface area contributed by atoms with Gasteiger partial charge in [0.05, 0.1) is 11.4 Å². The van der Waals surface area contributed by atoms with Gasteiger partial charge in [-0.15, -0.1) is 24.7 Å². The van der Waals surface area contributed by atoms with Gasteiger partial charge in [0.1, 0.15) is 11.6 Å². The Bertz CT molecular complexity index is 3170. The number of hydrogen-bond donors (Lipinski definition) is 0. The van der Waals surface area contributed by atoms with Gasteiger partial charge >= 0.3 is 0 Å². The monoisotopic (exact) mass is 1380 g/mol. The molecule has 0 bridgehead atoms. The SMILES string of the molecule is C(=Nc1ccccc1)[N-]c1ccccc1.C(=Nc1ccccc1)[N-]c1ccccc1.Cc1cccc(C)c1N1[CH-]N(c2[c-]cccc2)c2ncccc21.Cc1cccc(C)c1N1[CH-]N(c2[c-]cccc2)c2ncccc21.[Pt].[Pt]. The van der Waals surface area contributed by atoms with Gasteiger partial charge in [-0.2, -0.15) is 60.7 Å². The Labute approximate surface area is 488 Å². The van der Waals surface area contributed by atoms with Crippen LogP contribution in [0.5, 0.6) is 0 Å². The molecule has 0 radical (unpaired) electrons. The smallest absolute Gasteiger partial charge is 0.124 e. The first-order chi connectivity index (χ1) is 37.4. The summed E-state index contributed by atoms with van der Waals surface area (Å²) < 4.78 is 0. The third-order valence-electron chi connectivity index (χ3n) is 12.1. The number of para-hydroxylation sites is 8. The molecule has 0 N–H and O–H groups in total. The predicted molar refractivity (Wildman–Crippen MR) is 316 cm³/mol.